The average molecular weight is 564 g/mol. The average Bonchev–Trinajstić information content (AvgIpc) is 3.03. The third-order valence-electron chi connectivity index (χ3n) is 7.53. The minimum absolute atomic E-state index is 0.0612. The van der Waals surface area contributed by atoms with E-state index in [-0.39, 0.29) is 30.7 Å². The molecule has 218 valence electrons. The fraction of sp³-hybridized carbons (Fsp3) is 0.297. The van der Waals surface area contributed by atoms with E-state index in [1.54, 1.807) is 0 Å². The Morgan fingerprint density at radius 2 is 1.17 bits per heavy atom. The van der Waals surface area contributed by atoms with E-state index in [1.165, 1.54) is 7.11 Å². The number of hydrogen-bond acceptors (Lipinski definition) is 5. The number of nitrogens with one attached hydrogen (secondary N) is 1. The van der Waals surface area contributed by atoms with Crippen molar-refractivity contribution in [2.45, 2.75) is 44.9 Å². The lowest BCUT2D eigenvalue weighted by Gasteiger charge is -2.40. The third kappa shape index (κ3) is 7.81. The molecule has 0 fully saturated rings. The van der Waals surface area contributed by atoms with Gasteiger partial charge in [-0.1, -0.05) is 135 Å². The Kier molecular flexibility index (Phi) is 11.2. The van der Waals surface area contributed by atoms with Crippen LogP contribution >= 0.6 is 0 Å². The highest BCUT2D eigenvalue weighted by molar-refractivity contribution is 5.88. The standard InChI is InChI=1S/C37H41NO4/c1-28(2)24-30(36(40)41-3)25-35(39)34(27-42-26-29-16-8-4-9-17-29)38-37(31-18-10-5-11-19-31,32-20-12-6-13-21-32)33-22-14-7-15-23-33/h4-23,28,30,34,38H,24-27H2,1-3H3/t30-,34-/m0/s1. The van der Waals surface area contributed by atoms with Crippen LogP contribution in [0.3, 0.4) is 0 Å². The normalized spacial score (nSPS) is 13.0. The Morgan fingerprint density at radius 3 is 1.60 bits per heavy atom. The van der Waals surface area contributed by atoms with E-state index >= 15 is 0 Å². The molecule has 0 aliphatic rings. The van der Waals surface area contributed by atoms with E-state index in [1.807, 2.05) is 98.8 Å². The summed E-state index contributed by atoms with van der Waals surface area (Å²) in [7, 11) is 1.38. The molecule has 0 saturated carbocycles. The second kappa shape index (κ2) is 15.2. The van der Waals surface area contributed by atoms with Gasteiger partial charge in [-0.2, -0.15) is 0 Å². The first-order valence-electron chi connectivity index (χ1n) is 14.6. The summed E-state index contributed by atoms with van der Waals surface area (Å²) in [5, 5.41) is 3.79. The lowest BCUT2D eigenvalue weighted by molar-refractivity contribution is -0.148. The van der Waals surface area contributed by atoms with Crippen molar-refractivity contribution >= 4 is 11.8 Å². The zero-order chi connectivity index (χ0) is 29.8. The van der Waals surface area contributed by atoms with Crippen molar-refractivity contribution in [3.05, 3.63) is 144 Å². The topological polar surface area (TPSA) is 64.6 Å². The zero-order valence-corrected chi connectivity index (χ0v) is 24.7. The molecule has 0 aliphatic heterocycles. The number of benzene rings is 4. The molecule has 0 aromatic heterocycles. The molecule has 4 rings (SSSR count). The summed E-state index contributed by atoms with van der Waals surface area (Å²) in [6.45, 7) is 4.60. The van der Waals surface area contributed by atoms with E-state index in [0.717, 1.165) is 22.3 Å². The van der Waals surface area contributed by atoms with Gasteiger partial charge in [0.15, 0.2) is 5.78 Å². The SMILES string of the molecule is COC(=O)[C@H](CC(=O)[C@H](COCc1ccccc1)NC(c1ccccc1)(c1ccccc1)c1ccccc1)CC(C)C. The van der Waals surface area contributed by atoms with Crippen molar-refractivity contribution in [2.75, 3.05) is 13.7 Å². The molecule has 0 aliphatic carbocycles. The zero-order valence-electron chi connectivity index (χ0n) is 24.7. The van der Waals surface area contributed by atoms with Gasteiger partial charge in [0.25, 0.3) is 0 Å². The molecular weight excluding hydrogens is 522 g/mol. The minimum Gasteiger partial charge on any atom is -0.469 e. The van der Waals surface area contributed by atoms with Gasteiger partial charge in [0.1, 0.15) is 0 Å². The Labute approximate surface area is 249 Å². The molecule has 2 atom stereocenters. The van der Waals surface area contributed by atoms with Gasteiger partial charge >= 0.3 is 5.97 Å². The maximum absolute atomic E-state index is 14.2. The van der Waals surface area contributed by atoms with E-state index in [0.29, 0.717) is 13.0 Å². The van der Waals surface area contributed by atoms with Gasteiger partial charge in [-0.15, -0.1) is 0 Å². The third-order valence-corrected chi connectivity index (χ3v) is 7.53. The van der Waals surface area contributed by atoms with Crippen molar-refractivity contribution in [1.82, 2.24) is 5.32 Å². The smallest absolute Gasteiger partial charge is 0.309 e. The fourth-order valence-corrected chi connectivity index (χ4v) is 5.54. The van der Waals surface area contributed by atoms with Crippen molar-refractivity contribution in [1.29, 1.82) is 0 Å². The first-order chi connectivity index (χ1) is 20.4. The summed E-state index contributed by atoms with van der Waals surface area (Å²) in [4.78, 5) is 26.9. The Bertz CT molecular complexity index is 1280. The number of Topliss-reactive ketones (excluding diaryl/α,β-unsaturated/α-hetero) is 1. The molecule has 0 radical (unpaired) electrons. The second-order valence-corrected chi connectivity index (χ2v) is 11.1. The Hall–Kier alpha value is -4.06. The van der Waals surface area contributed by atoms with Crippen LogP contribution in [0.4, 0.5) is 0 Å². The summed E-state index contributed by atoms with van der Waals surface area (Å²) in [5.74, 6) is -0.743. The molecule has 42 heavy (non-hydrogen) atoms. The lowest BCUT2D eigenvalue weighted by atomic mass is 9.76. The van der Waals surface area contributed by atoms with Crippen molar-refractivity contribution in [3.63, 3.8) is 0 Å². The number of methoxy groups -OCH3 is 1. The highest BCUT2D eigenvalue weighted by Gasteiger charge is 2.40. The molecule has 0 spiro atoms. The number of carbonyl (C=O) groups excluding carboxylic acids is 2. The largest absolute Gasteiger partial charge is 0.469 e. The maximum Gasteiger partial charge on any atom is 0.309 e. The van der Waals surface area contributed by atoms with Crippen molar-refractivity contribution < 1.29 is 19.1 Å². The van der Waals surface area contributed by atoms with Crippen LogP contribution in [0.5, 0.6) is 0 Å². The van der Waals surface area contributed by atoms with E-state index in [4.69, 9.17) is 9.47 Å². The van der Waals surface area contributed by atoms with Crippen molar-refractivity contribution in [2.24, 2.45) is 11.8 Å². The van der Waals surface area contributed by atoms with Crippen LogP contribution in [-0.4, -0.2) is 31.5 Å². The monoisotopic (exact) mass is 563 g/mol. The van der Waals surface area contributed by atoms with Crippen LogP contribution in [-0.2, 0) is 31.2 Å². The molecule has 0 amide bonds. The van der Waals surface area contributed by atoms with Crippen LogP contribution in [0.2, 0.25) is 0 Å². The van der Waals surface area contributed by atoms with Crippen LogP contribution < -0.4 is 5.32 Å². The first kappa shape index (κ1) is 30.9. The summed E-state index contributed by atoms with van der Waals surface area (Å²) in [6, 6.07) is 39.7. The number of ketones is 1. The quantitative estimate of drug-likeness (QED) is 0.125. The molecule has 0 saturated heterocycles. The van der Waals surface area contributed by atoms with Gasteiger partial charge in [0.05, 0.1) is 37.8 Å². The molecule has 0 heterocycles. The van der Waals surface area contributed by atoms with Crippen LogP contribution in [0.25, 0.3) is 0 Å². The lowest BCUT2D eigenvalue weighted by Crippen LogP contribution is -2.54. The number of carbonyl (C=O) groups is 2. The van der Waals surface area contributed by atoms with Crippen LogP contribution in [0.1, 0.15) is 48.9 Å². The predicted octanol–water partition coefficient (Wildman–Crippen LogP) is 6.95. The molecule has 4 aromatic carbocycles. The minimum atomic E-state index is -0.862. The summed E-state index contributed by atoms with van der Waals surface area (Å²) < 4.78 is 11.3. The molecule has 5 heteroatoms. The number of esters is 1. The summed E-state index contributed by atoms with van der Waals surface area (Å²) >= 11 is 0. The van der Waals surface area contributed by atoms with Gasteiger partial charge in [-0.3, -0.25) is 14.9 Å². The van der Waals surface area contributed by atoms with Gasteiger partial charge in [-0.25, -0.2) is 0 Å². The van der Waals surface area contributed by atoms with Crippen molar-refractivity contribution in [3.8, 4) is 0 Å². The number of rotatable bonds is 15. The highest BCUT2D eigenvalue weighted by atomic mass is 16.5. The summed E-state index contributed by atoms with van der Waals surface area (Å²) in [5.41, 5.74) is 3.15. The first-order valence-corrected chi connectivity index (χ1v) is 14.6. The Balaban J connectivity index is 1.78. The van der Waals surface area contributed by atoms with Crippen LogP contribution in [0.15, 0.2) is 121 Å². The molecule has 5 nitrogen and oxygen atoms in total. The molecular formula is C37H41NO4. The van der Waals surface area contributed by atoms with E-state index in [2.05, 4.69) is 41.7 Å². The number of ether oxygens (including phenoxy) is 2. The predicted molar refractivity (Wildman–Crippen MR) is 167 cm³/mol. The Morgan fingerprint density at radius 1 is 0.714 bits per heavy atom. The van der Waals surface area contributed by atoms with Crippen LogP contribution in [0, 0.1) is 11.8 Å². The fourth-order valence-electron chi connectivity index (χ4n) is 5.54. The van der Waals surface area contributed by atoms with Gasteiger partial charge in [0.2, 0.25) is 0 Å². The molecule has 0 bridgehead atoms. The van der Waals surface area contributed by atoms with Gasteiger partial charge < -0.3 is 9.47 Å². The van der Waals surface area contributed by atoms with Gasteiger partial charge in [-0.05, 0) is 34.6 Å². The summed E-state index contributed by atoms with van der Waals surface area (Å²) in [6.07, 6.45) is 0.628. The molecule has 4 aromatic rings. The van der Waals surface area contributed by atoms with Gasteiger partial charge in [0, 0.05) is 6.42 Å². The van der Waals surface area contributed by atoms with E-state index in [9.17, 15) is 9.59 Å². The van der Waals surface area contributed by atoms with E-state index < -0.39 is 17.5 Å². The molecule has 0 unspecified atom stereocenters. The number of hydrogen-bond donors (Lipinski definition) is 1. The second-order valence-electron chi connectivity index (χ2n) is 11.1. The maximum atomic E-state index is 14.2. The molecule has 1 N–H and O–H groups in total. The highest BCUT2D eigenvalue weighted by Crippen LogP contribution is 2.37.